The monoisotopic (exact) mass is 306 g/mol. The van der Waals surface area contributed by atoms with Crippen LogP contribution in [0.3, 0.4) is 0 Å². The number of benzene rings is 2. The van der Waals surface area contributed by atoms with Crippen molar-refractivity contribution in [1.29, 1.82) is 0 Å². The maximum atomic E-state index is 13.2. The Morgan fingerprint density at radius 3 is 2.57 bits per heavy atom. The number of alkyl halides is 1. The molecule has 4 heteroatoms. The average molecular weight is 307 g/mol. The van der Waals surface area contributed by atoms with E-state index < -0.39 is 0 Å². The minimum Gasteiger partial charge on any atom is -0.490 e. The molecule has 0 aliphatic carbocycles. The maximum absolute atomic E-state index is 13.2. The molecule has 0 amide bonds. The third-order valence-corrected chi connectivity index (χ3v) is 4.06. The van der Waals surface area contributed by atoms with Gasteiger partial charge in [0.1, 0.15) is 5.82 Å². The molecule has 0 fully saturated rings. The molecule has 0 saturated carbocycles. The highest BCUT2D eigenvalue weighted by molar-refractivity contribution is 6.22. The lowest BCUT2D eigenvalue weighted by Crippen LogP contribution is -1.99. The summed E-state index contributed by atoms with van der Waals surface area (Å²) in [6.07, 6.45) is 0.866. The van der Waals surface area contributed by atoms with Crippen molar-refractivity contribution in [3.63, 3.8) is 0 Å². The molecule has 3 rings (SSSR count). The first-order valence-electron chi connectivity index (χ1n) is 6.95. The van der Waals surface area contributed by atoms with Gasteiger partial charge in [0.2, 0.25) is 0 Å². The fourth-order valence-corrected chi connectivity index (χ4v) is 2.82. The number of hydrogen-bond acceptors (Lipinski definition) is 2. The van der Waals surface area contributed by atoms with E-state index in [-0.39, 0.29) is 11.2 Å². The van der Waals surface area contributed by atoms with Crippen LogP contribution in [-0.4, -0.2) is 13.2 Å². The summed E-state index contributed by atoms with van der Waals surface area (Å²) in [5, 5.41) is -0.345. The molecule has 0 aromatic heterocycles. The summed E-state index contributed by atoms with van der Waals surface area (Å²) in [7, 11) is 0. The average Bonchev–Trinajstić information content (AvgIpc) is 2.71. The SMILES string of the molecule is Cc1cc(F)ccc1C(Cl)c1ccc2c(c1)OCCCO2. The quantitative estimate of drug-likeness (QED) is 0.754. The molecule has 1 atom stereocenters. The lowest BCUT2D eigenvalue weighted by molar-refractivity contribution is 0.297. The van der Waals surface area contributed by atoms with Gasteiger partial charge in [-0.25, -0.2) is 4.39 Å². The molecule has 2 aromatic carbocycles. The summed E-state index contributed by atoms with van der Waals surface area (Å²) in [5.41, 5.74) is 2.64. The summed E-state index contributed by atoms with van der Waals surface area (Å²) in [5.74, 6) is 1.21. The largest absolute Gasteiger partial charge is 0.490 e. The lowest BCUT2D eigenvalue weighted by Gasteiger charge is -2.15. The molecular formula is C17H16ClFO2. The van der Waals surface area contributed by atoms with Gasteiger partial charge >= 0.3 is 0 Å². The third-order valence-electron chi connectivity index (χ3n) is 3.57. The minimum atomic E-state index is -0.345. The Kier molecular flexibility index (Phi) is 4.02. The Morgan fingerprint density at radius 1 is 1.05 bits per heavy atom. The zero-order valence-corrected chi connectivity index (χ0v) is 12.5. The molecule has 1 aliphatic heterocycles. The molecule has 110 valence electrons. The second-order valence-corrected chi connectivity index (χ2v) is 5.56. The van der Waals surface area contributed by atoms with E-state index in [1.54, 1.807) is 6.07 Å². The number of fused-ring (bicyclic) bond motifs is 1. The van der Waals surface area contributed by atoms with Crippen molar-refractivity contribution in [2.75, 3.05) is 13.2 Å². The molecular weight excluding hydrogens is 291 g/mol. The first-order valence-corrected chi connectivity index (χ1v) is 7.38. The number of hydrogen-bond donors (Lipinski definition) is 0. The van der Waals surface area contributed by atoms with Crippen LogP contribution in [-0.2, 0) is 0 Å². The van der Waals surface area contributed by atoms with Gasteiger partial charge < -0.3 is 9.47 Å². The van der Waals surface area contributed by atoms with Crippen LogP contribution in [0.1, 0.15) is 28.5 Å². The minimum absolute atomic E-state index is 0.251. The summed E-state index contributed by atoms with van der Waals surface area (Å²) in [6, 6.07) is 10.4. The van der Waals surface area contributed by atoms with Crippen LogP contribution in [0.5, 0.6) is 11.5 Å². The van der Waals surface area contributed by atoms with Crippen LogP contribution in [0.2, 0.25) is 0 Å². The number of ether oxygens (including phenoxy) is 2. The Bertz CT molecular complexity index is 657. The van der Waals surface area contributed by atoms with Gasteiger partial charge in [-0.2, -0.15) is 0 Å². The second kappa shape index (κ2) is 5.94. The van der Waals surface area contributed by atoms with Gasteiger partial charge in [0, 0.05) is 6.42 Å². The standard InChI is InChI=1S/C17H16ClFO2/c1-11-9-13(19)4-5-14(11)17(18)12-3-6-15-16(10-12)21-8-2-7-20-15/h3-6,9-10,17H,2,7-8H2,1H3. The van der Waals surface area contributed by atoms with Crippen molar-refractivity contribution in [2.45, 2.75) is 18.7 Å². The molecule has 2 aromatic rings. The first kappa shape index (κ1) is 14.2. The van der Waals surface area contributed by atoms with E-state index in [0.29, 0.717) is 13.2 Å². The maximum Gasteiger partial charge on any atom is 0.161 e. The first-order chi connectivity index (χ1) is 10.1. The van der Waals surface area contributed by atoms with E-state index in [4.69, 9.17) is 21.1 Å². The van der Waals surface area contributed by atoms with Crippen molar-refractivity contribution < 1.29 is 13.9 Å². The van der Waals surface area contributed by atoms with Crippen LogP contribution in [0.25, 0.3) is 0 Å². The van der Waals surface area contributed by atoms with Crippen LogP contribution < -0.4 is 9.47 Å². The summed E-state index contributed by atoms with van der Waals surface area (Å²) >= 11 is 6.55. The second-order valence-electron chi connectivity index (χ2n) is 5.12. The van der Waals surface area contributed by atoms with Crippen LogP contribution in [0.15, 0.2) is 36.4 Å². The molecule has 2 nitrogen and oxygen atoms in total. The molecule has 1 unspecified atom stereocenters. The molecule has 0 N–H and O–H groups in total. The van der Waals surface area contributed by atoms with Crippen LogP contribution in [0.4, 0.5) is 4.39 Å². The fourth-order valence-electron chi connectivity index (χ4n) is 2.44. The van der Waals surface area contributed by atoms with Gasteiger partial charge in [-0.05, 0) is 47.9 Å². The van der Waals surface area contributed by atoms with Gasteiger partial charge in [0.15, 0.2) is 11.5 Å². The Labute approximate surface area is 128 Å². The Morgan fingerprint density at radius 2 is 1.81 bits per heavy atom. The van der Waals surface area contributed by atoms with Gasteiger partial charge in [0.25, 0.3) is 0 Å². The van der Waals surface area contributed by atoms with Gasteiger partial charge in [-0.1, -0.05) is 12.1 Å². The van der Waals surface area contributed by atoms with Crippen molar-refractivity contribution in [3.8, 4) is 11.5 Å². The van der Waals surface area contributed by atoms with Crippen molar-refractivity contribution >= 4 is 11.6 Å². The van der Waals surface area contributed by atoms with E-state index in [9.17, 15) is 4.39 Å². The van der Waals surface area contributed by atoms with E-state index in [1.807, 2.05) is 25.1 Å². The van der Waals surface area contributed by atoms with Crippen molar-refractivity contribution in [3.05, 3.63) is 58.9 Å². The van der Waals surface area contributed by atoms with Gasteiger partial charge in [0.05, 0.1) is 18.6 Å². The van der Waals surface area contributed by atoms with Crippen molar-refractivity contribution in [1.82, 2.24) is 0 Å². The van der Waals surface area contributed by atoms with Gasteiger partial charge in [-0.15, -0.1) is 11.6 Å². The van der Waals surface area contributed by atoms with Crippen LogP contribution in [0, 0.1) is 12.7 Å². The molecule has 1 heterocycles. The molecule has 0 saturated heterocycles. The zero-order chi connectivity index (χ0) is 14.8. The smallest absolute Gasteiger partial charge is 0.161 e. The van der Waals surface area contributed by atoms with E-state index in [1.165, 1.54) is 12.1 Å². The highest BCUT2D eigenvalue weighted by Gasteiger charge is 2.17. The number of halogens is 2. The molecule has 1 aliphatic rings. The predicted molar refractivity (Wildman–Crippen MR) is 80.9 cm³/mol. The fraction of sp³-hybridized carbons (Fsp3) is 0.294. The summed E-state index contributed by atoms with van der Waals surface area (Å²) in [6.45, 7) is 3.16. The third kappa shape index (κ3) is 2.98. The van der Waals surface area contributed by atoms with Crippen molar-refractivity contribution in [2.24, 2.45) is 0 Å². The summed E-state index contributed by atoms with van der Waals surface area (Å²) in [4.78, 5) is 0. The molecule has 0 radical (unpaired) electrons. The topological polar surface area (TPSA) is 18.5 Å². The van der Waals surface area contributed by atoms with Crippen LogP contribution >= 0.6 is 11.6 Å². The molecule has 0 spiro atoms. The normalized spacial score (nSPS) is 15.4. The molecule has 21 heavy (non-hydrogen) atoms. The predicted octanol–water partition coefficient (Wildman–Crippen LogP) is 4.62. The highest BCUT2D eigenvalue weighted by atomic mass is 35.5. The van der Waals surface area contributed by atoms with E-state index in [2.05, 4.69) is 0 Å². The zero-order valence-electron chi connectivity index (χ0n) is 11.7. The van der Waals surface area contributed by atoms with E-state index in [0.717, 1.165) is 34.6 Å². The molecule has 0 bridgehead atoms. The Hall–Kier alpha value is -1.74. The summed E-state index contributed by atoms with van der Waals surface area (Å²) < 4.78 is 24.5. The lowest BCUT2D eigenvalue weighted by atomic mass is 9.99. The van der Waals surface area contributed by atoms with Gasteiger partial charge in [-0.3, -0.25) is 0 Å². The Balaban J connectivity index is 1.94. The number of aryl methyl sites for hydroxylation is 1. The number of rotatable bonds is 2. The van der Waals surface area contributed by atoms with E-state index >= 15 is 0 Å². The highest BCUT2D eigenvalue weighted by Crippen LogP contribution is 2.37.